The molecule has 0 radical (unpaired) electrons. The van der Waals surface area contributed by atoms with Gasteiger partial charge in [0.05, 0.1) is 3.79 Å². The minimum Gasteiger partial charge on any atom is -0.308 e. The quantitative estimate of drug-likeness (QED) is 0.832. The Kier molecular flexibility index (Phi) is 4.40. The predicted molar refractivity (Wildman–Crippen MR) is 74.6 cm³/mol. The van der Waals surface area contributed by atoms with E-state index in [1.54, 1.807) is 22.7 Å². The van der Waals surface area contributed by atoms with Crippen LogP contribution in [0.3, 0.4) is 0 Å². The normalized spacial score (nSPS) is 10.8. The van der Waals surface area contributed by atoms with Crippen LogP contribution in [-0.2, 0) is 13.1 Å². The number of hydrogen-bond acceptors (Lipinski definition) is 3. The summed E-state index contributed by atoms with van der Waals surface area (Å²) in [4.78, 5) is 1.34. The summed E-state index contributed by atoms with van der Waals surface area (Å²) in [5, 5.41) is 7.70. The van der Waals surface area contributed by atoms with Crippen LogP contribution in [0.25, 0.3) is 0 Å². The number of nitrogens with one attached hydrogen (secondary N) is 1. The number of halogens is 2. The van der Waals surface area contributed by atoms with Crippen molar-refractivity contribution in [1.82, 2.24) is 5.32 Å². The summed E-state index contributed by atoms with van der Waals surface area (Å²) in [6, 6.07) is 4.30. The van der Waals surface area contributed by atoms with Crippen LogP contribution >= 0.6 is 54.5 Å². The molecular weight excluding hydrogens is 358 g/mol. The van der Waals surface area contributed by atoms with Gasteiger partial charge in [-0.2, -0.15) is 11.3 Å². The Morgan fingerprint density at radius 2 is 2.13 bits per heavy atom. The Morgan fingerprint density at radius 3 is 2.73 bits per heavy atom. The third kappa shape index (κ3) is 3.39. The lowest BCUT2D eigenvalue weighted by Crippen LogP contribution is -2.10. The topological polar surface area (TPSA) is 12.0 Å². The fraction of sp³-hybridized carbons (Fsp3) is 0.200. The molecule has 0 atom stereocenters. The Bertz CT molecular complexity index is 403. The van der Waals surface area contributed by atoms with E-state index >= 15 is 0 Å². The van der Waals surface area contributed by atoms with Crippen molar-refractivity contribution in [3.63, 3.8) is 0 Å². The first-order chi connectivity index (χ1) is 7.25. The highest BCUT2D eigenvalue weighted by Gasteiger charge is 2.03. The van der Waals surface area contributed by atoms with Crippen LogP contribution in [0.1, 0.15) is 10.4 Å². The van der Waals surface area contributed by atoms with Gasteiger partial charge in [-0.1, -0.05) is 0 Å². The SMILES string of the molecule is Brc1cc(CNCc2ccsc2)sc1Br. The van der Waals surface area contributed by atoms with Crippen molar-refractivity contribution in [3.05, 3.63) is 41.6 Å². The minimum absolute atomic E-state index is 0.921. The average molecular weight is 367 g/mol. The van der Waals surface area contributed by atoms with E-state index in [1.807, 2.05) is 0 Å². The number of rotatable bonds is 4. The van der Waals surface area contributed by atoms with Crippen LogP contribution in [-0.4, -0.2) is 0 Å². The molecule has 1 nitrogen and oxygen atoms in total. The van der Waals surface area contributed by atoms with Gasteiger partial charge in [0.1, 0.15) is 0 Å². The summed E-state index contributed by atoms with van der Waals surface area (Å²) in [7, 11) is 0. The molecule has 0 bridgehead atoms. The van der Waals surface area contributed by atoms with Crippen LogP contribution in [0.2, 0.25) is 0 Å². The summed E-state index contributed by atoms with van der Waals surface area (Å²) in [5.41, 5.74) is 1.36. The van der Waals surface area contributed by atoms with Gasteiger partial charge in [0, 0.05) is 22.4 Å². The van der Waals surface area contributed by atoms with Gasteiger partial charge < -0.3 is 5.32 Å². The molecule has 0 aromatic carbocycles. The van der Waals surface area contributed by atoms with Crippen molar-refractivity contribution >= 4 is 54.5 Å². The standard InChI is InChI=1S/C10H9Br2NS2/c11-9-3-8(15-10(9)12)5-13-4-7-1-2-14-6-7/h1-3,6,13H,4-5H2. The molecule has 1 N–H and O–H groups in total. The van der Waals surface area contributed by atoms with Crippen molar-refractivity contribution in [2.75, 3.05) is 0 Å². The molecule has 0 aliphatic rings. The maximum Gasteiger partial charge on any atom is 0.0843 e. The second-order valence-electron chi connectivity index (χ2n) is 3.07. The van der Waals surface area contributed by atoms with Gasteiger partial charge in [0.15, 0.2) is 0 Å². The summed E-state index contributed by atoms with van der Waals surface area (Å²) in [5.74, 6) is 0. The maximum absolute atomic E-state index is 3.49. The molecule has 0 saturated carbocycles. The Labute approximate surface area is 114 Å². The second kappa shape index (κ2) is 5.59. The summed E-state index contributed by atoms with van der Waals surface area (Å²) in [6.45, 7) is 1.86. The molecule has 0 saturated heterocycles. The molecule has 0 spiro atoms. The zero-order chi connectivity index (χ0) is 10.7. The van der Waals surface area contributed by atoms with Crippen LogP contribution < -0.4 is 5.32 Å². The highest BCUT2D eigenvalue weighted by molar-refractivity contribution is 9.13. The van der Waals surface area contributed by atoms with Gasteiger partial charge in [0.2, 0.25) is 0 Å². The molecule has 0 fully saturated rings. The van der Waals surface area contributed by atoms with Gasteiger partial charge in [0.25, 0.3) is 0 Å². The smallest absolute Gasteiger partial charge is 0.0843 e. The monoisotopic (exact) mass is 365 g/mol. The minimum atomic E-state index is 0.921. The molecule has 0 amide bonds. The molecule has 5 heteroatoms. The predicted octanol–water partition coefficient (Wildman–Crippen LogP) is 4.62. The summed E-state index contributed by atoms with van der Waals surface area (Å²) >= 11 is 10.5. The van der Waals surface area contributed by atoms with E-state index in [0.29, 0.717) is 0 Å². The van der Waals surface area contributed by atoms with E-state index in [9.17, 15) is 0 Å². The first kappa shape index (κ1) is 11.8. The van der Waals surface area contributed by atoms with E-state index in [0.717, 1.165) is 21.3 Å². The van der Waals surface area contributed by atoms with Crippen molar-refractivity contribution in [3.8, 4) is 0 Å². The lowest BCUT2D eigenvalue weighted by molar-refractivity contribution is 0.702. The third-order valence-electron chi connectivity index (χ3n) is 1.90. The van der Waals surface area contributed by atoms with Crippen molar-refractivity contribution in [1.29, 1.82) is 0 Å². The van der Waals surface area contributed by atoms with E-state index < -0.39 is 0 Å². The van der Waals surface area contributed by atoms with Gasteiger partial charge >= 0.3 is 0 Å². The van der Waals surface area contributed by atoms with Crippen molar-refractivity contribution in [2.45, 2.75) is 13.1 Å². The molecule has 15 heavy (non-hydrogen) atoms. The average Bonchev–Trinajstić information content (AvgIpc) is 2.79. The van der Waals surface area contributed by atoms with Gasteiger partial charge in [-0.15, -0.1) is 11.3 Å². The highest BCUT2D eigenvalue weighted by atomic mass is 79.9. The first-order valence-corrected chi connectivity index (χ1v) is 7.76. The van der Waals surface area contributed by atoms with Gasteiger partial charge in [-0.25, -0.2) is 0 Å². The molecule has 2 aromatic rings. The van der Waals surface area contributed by atoms with E-state index in [2.05, 4.69) is 60.1 Å². The zero-order valence-electron chi connectivity index (χ0n) is 7.80. The fourth-order valence-electron chi connectivity index (χ4n) is 1.20. The maximum atomic E-state index is 3.49. The molecule has 0 aliphatic carbocycles. The van der Waals surface area contributed by atoms with E-state index in [1.165, 1.54) is 10.4 Å². The number of hydrogen-bond donors (Lipinski definition) is 1. The molecule has 0 unspecified atom stereocenters. The molecule has 80 valence electrons. The largest absolute Gasteiger partial charge is 0.308 e. The molecular formula is C10H9Br2NS2. The van der Waals surface area contributed by atoms with Crippen LogP contribution in [0.15, 0.2) is 31.2 Å². The molecule has 2 rings (SSSR count). The lowest BCUT2D eigenvalue weighted by Gasteiger charge is -1.99. The molecule has 2 heterocycles. The Hall–Kier alpha value is 0.320. The summed E-state index contributed by atoms with van der Waals surface area (Å²) in [6.07, 6.45) is 0. The second-order valence-corrected chi connectivity index (χ2v) is 7.16. The van der Waals surface area contributed by atoms with Crippen molar-refractivity contribution < 1.29 is 0 Å². The Balaban J connectivity index is 1.83. The van der Waals surface area contributed by atoms with Crippen LogP contribution in [0, 0.1) is 0 Å². The van der Waals surface area contributed by atoms with Gasteiger partial charge in [-0.3, -0.25) is 0 Å². The molecule has 2 aromatic heterocycles. The van der Waals surface area contributed by atoms with Crippen molar-refractivity contribution in [2.24, 2.45) is 0 Å². The highest BCUT2D eigenvalue weighted by Crippen LogP contribution is 2.32. The lowest BCUT2D eigenvalue weighted by atomic mass is 10.3. The third-order valence-corrected chi connectivity index (χ3v) is 5.89. The molecule has 0 aliphatic heterocycles. The van der Waals surface area contributed by atoms with Crippen LogP contribution in [0.5, 0.6) is 0 Å². The van der Waals surface area contributed by atoms with Gasteiger partial charge in [-0.05, 0) is 60.3 Å². The first-order valence-electron chi connectivity index (χ1n) is 4.41. The van der Waals surface area contributed by atoms with E-state index in [-0.39, 0.29) is 0 Å². The van der Waals surface area contributed by atoms with Crippen LogP contribution in [0.4, 0.5) is 0 Å². The van der Waals surface area contributed by atoms with E-state index in [4.69, 9.17) is 0 Å². The zero-order valence-corrected chi connectivity index (χ0v) is 12.6. The fourth-order valence-corrected chi connectivity index (χ4v) is 4.02. The Morgan fingerprint density at radius 1 is 1.27 bits per heavy atom. The number of thiophene rings is 2. The summed E-state index contributed by atoms with van der Waals surface area (Å²) < 4.78 is 2.30.